The number of ether oxygens (including phenoxy) is 2. The molecule has 0 aromatic heterocycles. The molecule has 0 radical (unpaired) electrons. The molecule has 0 saturated carbocycles. The second-order valence-corrected chi connectivity index (χ2v) is 4.38. The highest BCUT2D eigenvalue weighted by molar-refractivity contribution is 5.93. The highest BCUT2D eigenvalue weighted by Crippen LogP contribution is 2.27. The minimum atomic E-state index is -0.836. The van der Waals surface area contributed by atoms with Gasteiger partial charge in [0.1, 0.15) is 0 Å². The zero-order chi connectivity index (χ0) is 13.1. The highest BCUT2D eigenvalue weighted by atomic mass is 16.6. The molecule has 0 spiro atoms. The summed E-state index contributed by atoms with van der Waals surface area (Å²) < 4.78 is 9.31. The van der Waals surface area contributed by atoms with Gasteiger partial charge in [-0.3, -0.25) is 4.79 Å². The number of esters is 2. The first-order chi connectivity index (χ1) is 7.86. The summed E-state index contributed by atoms with van der Waals surface area (Å²) in [6.07, 6.45) is 1.05. The van der Waals surface area contributed by atoms with Gasteiger partial charge in [0.25, 0.3) is 5.91 Å². The van der Waals surface area contributed by atoms with Crippen molar-refractivity contribution in [3.05, 3.63) is 12.2 Å². The standard InChI is InChI=1S/C11H15NO5/c1-11(2)6-12-10(15)9(11)17-8(14)5-4-7(13)16-3/h4-5,9H,6H2,1-3H3,(H,12,15)/b5-4+/t9-/m0/s1. The van der Waals surface area contributed by atoms with Crippen molar-refractivity contribution in [2.24, 2.45) is 5.41 Å². The molecule has 1 N–H and O–H groups in total. The summed E-state index contributed by atoms with van der Waals surface area (Å²) in [6.45, 7) is 4.07. The SMILES string of the molecule is COC(=O)/C=C/C(=O)O[C@H]1C(=O)NCC1(C)C. The quantitative estimate of drug-likeness (QED) is 0.546. The summed E-state index contributed by atoms with van der Waals surface area (Å²) >= 11 is 0. The molecule has 0 aromatic rings. The fraction of sp³-hybridized carbons (Fsp3) is 0.545. The largest absolute Gasteiger partial charge is 0.466 e. The van der Waals surface area contributed by atoms with Gasteiger partial charge in [-0.25, -0.2) is 9.59 Å². The topological polar surface area (TPSA) is 81.7 Å². The van der Waals surface area contributed by atoms with E-state index in [1.165, 1.54) is 7.11 Å². The minimum Gasteiger partial charge on any atom is -0.466 e. The van der Waals surface area contributed by atoms with E-state index in [-0.39, 0.29) is 5.91 Å². The monoisotopic (exact) mass is 241 g/mol. The van der Waals surface area contributed by atoms with Crippen molar-refractivity contribution in [2.45, 2.75) is 20.0 Å². The van der Waals surface area contributed by atoms with Crippen LogP contribution in [0.5, 0.6) is 0 Å². The van der Waals surface area contributed by atoms with Crippen LogP contribution in [0.1, 0.15) is 13.8 Å². The van der Waals surface area contributed by atoms with E-state index in [1.54, 1.807) is 0 Å². The van der Waals surface area contributed by atoms with Crippen molar-refractivity contribution < 1.29 is 23.9 Å². The molecule has 94 valence electrons. The number of carbonyl (C=O) groups excluding carboxylic acids is 3. The Bertz CT molecular complexity index is 372. The van der Waals surface area contributed by atoms with Crippen molar-refractivity contribution in [2.75, 3.05) is 13.7 Å². The molecule has 1 atom stereocenters. The van der Waals surface area contributed by atoms with E-state index in [9.17, 15) is 14.4 Å². The fourth-order valence-corrected chi connectivity index (χ4v) is 1.43. The zero-order valence-corrected chi connectivity index (χ0v) is 9.98. The predicted molar refractivity (Wildman–Crippen MR) is 57.8 cm³/mol. The third kappa shape index (κ3) is 3.30. The van der Waals surface area contributed by atoms with Crippen LogP contribution in [0.25, 0.3) is 0 Å². The normalized spacial score (nSPS) is 22.3. The molecule has 6 nitrogen and oxygen atoms in total. The minimum absolute atomic E-state index is 0.324. The maximum absolute atomic E-state index is 11.4. The van der Waals surface area contributed by atoms with Gasteiger partial charge in [0.05, 0.1) is 7.11 Å². The lowest BCUT2D eigenvalue weighted by Crippen LogP contribution is -2.35. The second kappa shape index (κ2) is 4.99. The van der Waals surface area contributed by atoms with E-state index in [4.69, 9.17) is 4.74 Å². The highest BCUT2D eigenvalue weighted by Gasteiger charge is 2.43. The van der Waals surface area contributed by atoms with Gasteiger partial charge < -0.3 is 14.8 Å². The number of hydrogen-bond acceptors (Lipinski definition) is 5. The van der Waals surface area contributed by atoms with Crippen LogP contribution < -0.4 is 5.32 Å². The first kappa shape index (κ1) is 13.2. The third-order valence-corrected chi connectivity index (χ3v) is 2.46. The molecule has 0 aliphatic carbocycles. The van der Waals surface area contributed by atoms with Crippen molar-refractivity contribution >= 4 is 17.8 Å². The molecule has 1 saturated heterocycles. The smallest absolute Gasteiger partial charge is 0.331 e. The number of amides is 1. The van der Waals surface area contributed by atoms with E-state index in [2.05, 4.69) is 10.1 Å². The number of rotatable bonds is 3. The maximum atomic E-state index is 11.4. The molecule has 1 aliphatic rings. The van der Waals surface area contributed by atoms with Crippen LogP contribution in [-0.4, -0.2) is 37.6 Å². The molecule has 1 amide bonds. The summed E-state index contributed by atoms with van der Waals surface area (Å²) in [7, 11) is 1.20. The number of nitrogens with one attached hydrogen (secondary N) is 1. The third-order valence-electron chi connectivity index (χ3n) is 2.46. The lowest BCUT2D eigenvalue weighted by molar-refractivity contribution is -0.154. The van der Waals surface area contributed by atoms with Crippen LogP contribution in [0.15, 0.2) is 12.2 Å². The van der Waals surface area contributed by atoms with E-state index >= 15 is 0 Å². The van der Waals surface area contributed by atoms with Crippen molar-refractivity contribution in [3.63, 3.8) is 0 Å². The lowest BCUT2D eigenvalue weighted by atomic mass is 9.90. The molecule has 1 heterocycles. The summed E-state index contributed by atoms with van der Waals surface area (Å²) in [6, 6.07) is 0. The van der Waals surface area contributed by atoms with Gasteiger partial charge in [-0.1, -0.05) is 13.8 Å². The number of hydrogen-bond donors (Lipinski definition) is 1. The van der Waals surface area contributed by atoms with Crippen LogP contribution in [0.4, 0.5) is 0 Å². The van der Waals surface area contributed by atoms with E-state index in [0.717, 1.165) is 12.2 Å². The Morgan fingerprint density at radius 1 is 1.35 bits per heavy atom. The Morgan fingerprint density at radius 3 is 2.41 bits per heavy atom. The fourth-order valence-electron chi connectivity index (χ4n) is 1.43. The lowest BCUT2D eigenvalue weighted by Gasteiger charge is -2.22. The molecule has 0 aromatic carbocycles. The molecule has 0 unspecified atom stereocenters. The van der Waals surface area contributed by atoms with Crippen molar-refractivity contribution in [1.29, 1.82) is 0 Å². The van der Waals surface area contributed by atoms with Gasteiger partial charge >= 0.3 is 11.9 Å². The first-order valence-electron chi connectivity index (χ1n) is 5.11. The Morgan fingerprint density at radius 2 is 1.94 bits per heavy atom. The van der Waals surface area contributed by atoms with Crippen molar-refractivity contribution in [3.8, 4) is 0 Å². The van der Waals surface area contributed by atoms with Crippen LogP contribution in [0.3, 0.4) is 0 Å². The van der Waals surface area contributed by atoms with E-state index in [0.29, 0.717) is 6.54 Å². The molecular weight excluding hydrogens is 226 g/mol. The summed E-state index contributed by atoms with van der Waals surface area (Å²) in [5.74, 6) is -1.72. The zero-order valence-electron chi connectivity index (χ0n) is 9.98. The van der Waals surface area contributed by atoms with Crippen LogP contribution in [-0.2, 0) is 23.9 Å². The van der Waals surface area contributed by atoms with Gasteiger partial charge in [-0.05, 0) is 0 Å². The molecule has 1 rings (SSSR count). The molecular formula is C11H15NO5. The Hall–Kier alpha value is -1.85. The number of carbonyl (C=O) groups is 3. The molecule has 6 heteroatoms. The molecule has 1 aliphatic heterocycles. The van der Waals surface area contributed by atoms with Gasteiger partial charge in [-0.2, -0.15) is 0 Å². The summed E-state index contributed by atoms with van der Waals surface area (Å²) in [5, 5.41) is 2.61. The van der Waals surface area contributed by atoms with E-state index in [1.807, 2.05) is 13.8 Å². The van der Waals surface area contributed by atoms with Gasteiger partial charge in [-0.15, -0.1) is 0 Å². The molecule has 1 fully saturated rings. The average molecular weight is 241 g/mol. The van der Waals surface area contributed by atoms with E-state index < -0.39 is 23.5 Å². The van der Waals surface area contributed by atoms with Gasteiger partial charge in [0, 0.05) is 24.1 Å². The Balaban J connectivity index is 2.60. The Labute approximate surface area is 99.0 Å². The second-order valence-electron chi connectivity index (χ2n) is 4.38. The Kier molecular flexibility index (Phi) is 3.88. The maximum Gasteiger partial charge on any atom is 0.331 e. The molecule has 0 bridgehead atoms. The van der Waals surface area contributed by atoms with Gasteiger partial charge in [0.15, 0.2) is 6.10 Å². The summed E-state index contributed by atoms with van der Waals surface area (Å²) in [5.41, 5.74) is -0.453. The van der Waals surface area contributed by atoms with Crippen LogP contribution in [0.2, 0.25) is 0 Å². The van der Waals surface area contributed by atoms with Crippen molar-refractivity contribution in [1.82, 2.24) is 5.32 Å². The molecule has 17 heavy (non-hydrogen) atoms. The van der Waals surface area contributed by atoms with Gasteiger partial charge in [0.2, 0.25) is 0 Å². The first-order valence-corrected chi connectivity index (χ1v) is 5.11. The average Bonchev–Trinajstić information content (AvgIpc) is 2.53. The summed E-state index contributed by atoms with van der Waals surface area (Å²) in [4.78, 5) is 33.5. The van der Waals surface area contributed by atoms with Crippen LogP contribution in [0, 0.1) is 5.41 Å². The predicted octanol–water partition coefficient (Wildman–Crippen LogP) is -0.217. The number of methoxy groups -OCH3 is 1. The van der Waals surface area contributed by atoms with Crippen LogP contribution >= 0.6 is 0 Å².